The monoisotopic (exact) mass is 333 g/mol. The van der Waals surface area contributed by atoms with E-state index in [1.807, 2.05) is 19.1 Å². The Morgan fingerprint density at radius 3 is 2.92 bits per heavy atom. The van der Waals surface area contributed by atoms with Crippen LogP contribution >= 0.6 is 0 Å². The van der Waals surface area contributed by atoms with Gasteiger partial charge in [-0.2, -0.15) is 0 Å². The molecule has 2 amide bonds. The van der Waals surface area contributed by atoms with Gasteiger partial charge in [0.2, 0.25) is 18.8 Å². The number of carbonyl (C=O) groups is 2. The van der Waals surface area contributed by atoms with E-state index in [4.69, 9.17) is 14.3 Å². The van der Waals surface area contributed by atoms with Crippen molar-refractivity contribution >= 4 is 17.5 Å². The lowest BCUT2D eigenvalue weighted by molar-refractivity contribution is -0.131. The Balaban J connectivity index is 1.49. The van der Waals surface area contributed by atoms with Gasteiger partial charge in [0.05, 0.1) is 5.71 Å². The third-order valence-corrected chi connectivity index (χ3v) is 3.69. The van der Waals surface area contributed by atoms with Crippen LogP contribution in [0.15, 0.2) is 23.4 Å². The molecule has 8 nitrogen and oxygen atoms in total. The number of benzene rings is 1. The van der Waals surface area contributed by atoms with Crippen LogP contribution in [0.5, 0.6) is 11.5 Å². The molecule has 2 aliphatic rings. The number of fused-ring (bicyclic) bond motifs is 1. The molecule has 0 fully saturated rings. The van der Waals surface area contributed by atoms with E-state index in [0.29, 0.717) is 30.2 Å². The number of hydrogen-bond acceptors (Lipinski definition) is 6. The van der Waals surface area contributed by atoms with Crippen molar-refractivity contribution in [3.05, 3.63) is 23.8 Å². The first-order valence-electron chi connectivity index (χ1n) is 7.84. The Morgan fingerprint density at radius 2 is 2.08 bits per heavy atom. The lowest BCUT2D eigenvalue weighted by Crippen LogP contribution is -2.37. The molecule has 0 aromatic heterocycles. The quantitative estimate of drug-likeness (QED) is 0.792. The first-order chi connectivity index (χ1) is 11.7. The lowest BCUT2D eigenvalue weighted by Gasteiger charge is -2.09. The van der Waals surface area contributed by atoms with Crippen molar-refractivity contribution in [3.63, 3.8) is 0 Å². The predicted octanol–water partition coefficient (Wildman–Crippen LogP) is 0.551. The Morgan fingerprint density at radius 1 is 1.25 bits per heavy atom. The maximum absolute atomic E-state index is 12.1. The third kappa shape index (κ3) is 3.58. The van der Waals surface area contributed by atoms with Crippen LogP contribution in [0.1, 0.15) is 25.3 Å². The zero-order valence-corrected chi connectivity index (χ0v) is 13.3. The number of rotatable bonds is 6. The van der Waals surface area contributed by atoms with E-state index in [0.717, 1.165) is 5.56 Å². The van der Waals surface area contributed by atoms with Crippen LogP contribution in [0, 0.1) is 0 Å². The number of amides is 2. The molecule has 1 aromatic rings. The average Bonchev–Trinajstić information content (AvgIpc) is 3.23. The van der Waals surface area contributed by atoms with E-state index < -0.39 is 6.10 Å². The van der Waals surface area contributed by atoms with Gasteiger partial charge in [0.1, 0.15) is 0 Å². The molecule has 8 heteroatoms. The molecule has 0 aliphatic carbocycles. The van der Waals surface area contributed by atoms with Crippen molar-refractivity contribution in [1.29, 1.82) is 0 Å². The molecule has 0 saturated heterocycles. The van der Waals surface area contributed by atoms with Crippen LogP contribution in [0.2, 0.25) is 0 Å². The molecule has 0 radical (unpaired) electrons. The molecule has 2 N–H and O–H groups in total. The van der Waals surface area contributed by atoms with Gasteiger partial charge in [0.15, 0.2) is 11.5 Å². The van der Waals surface area contributed by atoms with Gasteiger partial charge < -0.3 is 24.9 Å². The normalized spacial score (nSPS) is 17.9. The summed E-state index contributed by atoms with van der Waals surface area (Å²) in [5.74, 6) is 0.976. The Hall–Kier alpha value is -2.77. The fourth-order valence-corrected chi connectivity index (χ4v) is 2.46. The second-order valence-corrected chi connectivity index (χ2v) is 5.40. The second kappa shape index (κ2) is 7.20. The highest BCUT2D eigenvalue weighted by molar-refractivity contribution is 6.04. The van der Waals surface area contributed by atoms with Gasteiger partial charge in [0, 0.05) is 31.5 Å². The van der Waals surface area contributed by atoms with Gasteiger partial charge in [-0.1, -0.05) is 5.16 Å². The summed E-state index contributed by atoms with van der Waals surface area (Å²) in [6, 6.07) is 5.48. The Labute approximate surface area is 139 Å². The summed E-state index contributed by atoms with van der Waals surface area (Å²) in [5.41, 5.74) is 1.51. The second-order valence-electron chi connectivity index (χ2n) is 5.40. The maximum atomic E-state index is 12.1. The van der Waals surface area contributed by atoms with Crippen molar-refractivity contribution < 1.29 is 23.9 Å². The van der Waals surface area contributed by atoms with Crippen molar-refractivity contribution in [2.24, 2.45) is 5.16 Å². The van der Waals surface area contributed by atoms with Crippen molar-refractivity contribution in [1.82, 2.24) is 10.6 Å². The molecule has 2 aliphatic heterocycles. The summed E-state index contributed by atoms with van der Waals surface area (Å²) in [6.45, 7) is 2.89. The molecule has 1 atom stereocenters. The first-order valence-corrected chi connectivity index (χ1v) is 7.84. The molecule has 0 unspecified atom stereocenters. The highest BCUT2D eigenvalue weighted by atomic mass is 16.7. The minimum Gasteiger partial charge on any atom is -0.454 e. The minimum atomic E-state index is -0.681. The number of ether oxygens (including phenoxy) is 2. The fourth-order valence-electron chi connectivity index (χ4n) is 2.46. The van der Waals surface area contributed by atoms with Crippen LogP contribution in [0.3, 0.4) is 0 Å². The molecule has 24 heavy (non-hydrogen) atoms. The zero-order chi connectivity index (χ0) is 16.9. The van der Waals surface area contributed by atoms with E-state index >= 15 is 0 Å². The van der Waals surface area contributed by atoms with Crippen LogP contribution in [-0.4, -0.2) is 43.5 Å². The van der Waals surface area contributed by atoms with Gasteiger partial charge in [-0.25, -0.2) is 0 Å². The van der Waals surface area contributed by atoms with Crippen molar-refractivity contribution in [3.8, 4) is 11.5 Å². The van der Waals surface area contributed by atoms with E-state index in [2.05, 4.69) is 15.8 Å². The lowest BCUT2D eigenvalue weighted by atomic mass is 10.0. The smallest absolute Gasteiger partial charge is 0.264 e. The number of oxime groups is 1. The summed E-state index contributed by atoms with van der Waals surface area (Å²) in [7, 11) is 0. The highest BCUT2D eigenvalue weighted by Crippen LogP contribution is 2.33. The largest absolute Gasteiger partial charge is 0.454 e. The van der Waals surface area contributed by atoms with Gasteiger partial charge in [-0.15, -0.1) is 0 Å². The highest BCUT2D eigenvalue weighted by Gasteiger charge is 2.29. The summed E-state index contributed by atoms with van der Waals surface area (Å²) in [4.78, 5) is 28.6. The predicted molar refractivity (Wildman–Crippen MR) is 84.9 cm³/mol. The summed E-state index contributed by atoms with van der Waals surface area (Å²) in [5, 5.41) is 9.34. The first kappa shape index (κ1) is 16.1. The molecule has 0 bridgehead atoms. The summed E-state index contributed by atoms with van der Waals surface area (Å²) < 4.78 is 10.6. The van der Waals surface area contributed by atoms with E-state index in [1.54, 1.807) is 6.07 Å². The van der Waals surface area contributed by atoms with Crippen LogP contribution in [0.4, 0.5) is 0 Å². The Kier molecular flexibility index (Phi) is 4.83. The number of nitrogens with zero attached hydrogens (tertiary/aromatic N) is 1. The molecular formula is C16H19N3O5. The summed E-state index contributed by atoms with van der Waals surface area (Å²) >= 11 is 0. The van der Waals surface area contributed by atoms with Crippen LogP contribution in [-0.2, 0) is 14.4 Å². The maximum Gasteiger partial charge on any atom is 0.264 e. The summed E-state index contributed by atoms with van der Waals surface area (Å²) in [6.07, 6.45) is -0.0749. The van der Waals surface area contributed by atoms with Gasteiger partial charge >= 0.3 is 0 Å². The minimum absolute atomic E-state index is 0.0950. The number of carbonyl (C=O) groups excluding carboxylic acids is 2. The number of hydrogen-bond donors (Lipinski definition) is 2. The molecule has 2 heterocycles. The van der Waals surface area contributed by atoms with E-state index in [1.165, 1.54) is 0 Å². The molecule has 3 rings (SSSR count). The third-order valence-electron chi connectivity index (χ3n) is 3.69. The molecule has 0 spiro atoms. The van der Waals surface area contributed by atoms with Gasteiger partial charge in [0.25, 0.3) is 5.91 Å². The van der Waals surface area contributed by atoms with Crippen LogP contribution < -0.4 is 20.1 Å². The Bertz CT molecular complexity index is 674. The van der Waals surface area contributed by atoms with Crippen molar-refractivity contribution in [2.45, 2.75) is 25.9 Å². The molecular weight excluding hydrogens is 314 g/mol. The fraction of sp³-hybridized carbons (Fsp3) is 0.438. The standard InChI is InChI=1S/C16H19N3O5/c1-2-17-15(20)5-6-18-16(21)14-8-11(19-24-14)10-3-4-12-13(7-10)23-9-22-12/h3-4,7,14H,2,5-6,8-9H2,1H3,(H,17,20)(H,18,21)/t14-/m0/s1. The van der Waals surface area contributed by atoms with Gasteiger partial charge in [-0.05, 0) is 25.1 Å². The molecule has 0 saturated carbocycles. The molecule has 1 aromatic carbocycles. The van der Waals surface area contributed by atoms with Crippen LogP contribution in [0.25, 0.3) is 0 Å². The average molecular weight is 333 g/mol. The topological polar surface area (TPSA) is 98.3 Å². The van der Waals surface area contributed by atoms with Crippen molar-refractivity contribution in [2.75, 3.05) is 19.9 Å². The zero-order valence-electron chi connectivity index (χ0n) is 13.3. The van der Waals surface area contributed by atoms with E-state index in [9.17, 15) is 9.59 Å². The molecule has 128 valence electrons. The van der Waals surface area contributed by atoms with E-state index in [-0.39, 0.29) is 31.6 Å². The SMILES string of the molecule is CCNC(=O)CCNC(=O)[C@@H]1CC(c2ccc3c(c2)OCO3)=NO1. The van der Waals surface area contributed by atoms with Gasteiger partial charge in [-0.3, -0.25) is 9.59 Å². The number of nitrogens with one attached hydrogen (secondary N) is 2.